The minimum absolute atomic E-state index is 0.0597. The van der Waals surface area contributed by atoms with Crippen molar-refractivity contribution >= 4 is 5.69 Å². The quantitative estimate of drug-likeness (QED) is 0.866. The van der Waals surface area contributed by atoms with Gasteiger partial charge < -0.3 is 10.6 Å². The summed E-state index contributed by atoms with van der Waals surface area (Å²) in [7, 11) is 0. The summed E-state index contributed by atoms with van der Waals surface area (Å²) in [6.07, 6.45) is 6.22. The fourth-order valence-electron chi connectivity index (χ4n) is 3.67. The van der Waals surface area contributed by atoms with Crippen molar-refractivity contribution in [1.82, 2.24) is 0 Å². The molecule has 2 nitrogen and oxygen atoms in total. The highest BCUT2D eigenvalue weighted by molar-refractivity contribution is 5.56. The molecule has 0 spiro atoms. The number of nitrogens with two attached hydrogens (primary N) is 1. The van der Waals surface area contributed by atoms with E-state index in [-0.39, 0.29) is 5.54 Å². The number of fused-ring (bicyclic) bond motifs is 1. The van der Waals surface area contributed by atoms with E-state index < -0.39 is 0 Å². The predicted molar refractivity (Wildman–Crippen MR) is 76.9 cm³/mol. The van der Waals surface area contributed by atoms with Gasteiger partial charge in [-0.25, -0.2) is 0 Å². The van der Waals surface area contributed by atoms with Crippen LogP contribution in [0.25, 0.3) is 0 Å². The molecule has 0 amide bonds. The number of anilines is 1. The van der Waals surface area contributed by atoms with E-state index in [0.717, 1.165) is 19.0 Å². The first-order valence-electron chi connectivity index (χ1n) is 7.28. The van der Waals surface area contributed by atoms with Crippen molar-refractivity contribution in [3.63, 3.8) is 0 Å². The van der Waals surface area contributed by atoms with Gasteiger partial charge in [0.2, 0.25) is 0 Å². The lowest BCUT2D eigenvalue weighted by molar-refractivity contribution is 0.410. The molecule has 0 radical (unpaired) electrons. The summed E-state index contributed by atoms with van der Waals surface area (Å²) < 4.78 is 0. The molecule has 0 saturated heterocycles. The third kappa shape index (κ3) is 2.26. The number of hydrogen-bond donors (Lipinski definition) is 1. The summed E-state index contributed by atoms with van der Waals surface area (Å²) in [5.41, 5.74) is 9.53. The van der Waals surface area contributed by atoms with Crippen molar-refractivity contribution in [3.8, 4) is 0 Å². The minimum Gasteiger partial charge on any atom is -0.369 e. The molecule has 1 atom stereocenters. The van der Waals surface area contributed by atoms with Crippen LogP contribution in [0, 0.1) is 5.92 Å². The van der Waals surface area contributed by atoms with E-state index in [4.69, 9.17) is 5.73 Å². The van der Waals surface area contributed by atoms with Crippen LogP contribution in [0.5, 0.6) is 0 Å². The van der Waals surface area contributed by atoms with Gasteiger partial charge in [-0.2, -0.15) is 0 Å². The van der Waals surface area contributed by atoms with Crippen molar-refractivity contribution in [2.24, 2.45) is 11.7 Å². The highest BCUT2D eigenvalue weighted by Crippen LogP contribution is 2.34. The molecule has 1 saturated carbocycles. The van der Waals surface area contributed by atoms with Gasteiger partial charge in [0.15, 0.2) is 0 Å². The van der Waals surface area contributed by atoms with E-state index in [1.165, 1.54) is 43.4 Å². The van der Waals surface area contributed by atoms with Gasteiger partial charge in [-0.15, -0.1) is 0 Å². The molecule has 2 heteroatoms. The number of para-hydroxylation sites is 1. The first-order valence-corrected chi connectivity index (χ1v) is 7.28. The van der Waals surface area contributed by atoms with Gasteiger partial charge in [0, 0.05) is 24.3 Å². The van der Waals surface area contributed by atoms with E-state index >= 15 is 0 Å². The SMILES string of the molecule is CC1Cc2ccccc2N(CC2(N)CCCC2)C1. The topological polar surface area (TPSA) is 29.3 Å². The molecular formula is C16H24N2. The van der Waals surface area contributed by atoms with Crippen LogP contribution in [-0.4, -0.2) is 18.6 Å². The summed E-state index contributed by atoms with van der Waals surface area (Å²) in [5, 5.41) is 0. The zero-order chi connectivity index (χ0) is 12.6. The summed E-state index contributed by atoms with van der Waals surface area (Å²) in [4.78, 5) is 2.54. The molecule has 1 unspecified atom stereocenters. The summed E-state index contributed by atoms with van der Waals surface area (Å²) in [6.45, 7) is 4.55. The van der Waals surface area contributed by atoms with E-state index in [1.54, 1.807) is 0 Å². The van der Waals surface area contributed by atoms with Gasteiger partial charge in [0.1, 0.15) is 0 Å². The highest BCUT2D eigenvalue weighted by atomic mass is 15.2. The maximum absolute atomic E-state index is 6.55. The first-order chi connectivity index (χ1) is 8.66. The Kier molecular flexibility index (Phi) is 3.06. The minimum atomic E-state index is 0.0597. The summed E-state index contributed by atoms with van der Waals surface area (Å²) in [6, 6.07) is 8.85. The van der Waals surface area contributed by atoms with Gasteiger partial charge in [-0.05, 0) is 36.8 Å². The number of benzene rings is 1. The Bertz CT molecular complexity index is 421. The molecule has 1 fully saturated rings. The standard InChI is InChI=1S/C16H24N2/c1-13-10-14-6-2-3-7-15(14)18(11-13)12-16(17)8-4-5-9-16/h2-3,6-7,13H,4-5,8-12,17H2,1H3. The molecule has 0 aromatic heterocycles. The van der Waals surface area contributed by atoms with Crippen LogP contribution in [-0.2, 0) is 6.42 Å². The van der Waals surface area contributed by atoms with Crippen molar-refractivity contribution in [1.29, 1.82) is 0 Å². The van der Waals surface area contributed by atoms with Gasteiger partial charge in [0.05, 0.1) is 0 Å². The maximum atomic E-state index is 6.55. The summed E-state index contributed by atoms with van der Waals surface area (Å²) in [5.74, 6) is 0.741. The van der Waals surface area contributed by atoms with Crippen molar-refractivity contribution in [2.45, 2.75) is 44.6 Å². The molecule has 1 aromatic carbocycles. The van der Waals surface area contributed by atoms with E-state index in [9.17, 15) is 0 Å². The zero-order valence-electron chi connectivity index (χ0n) is 11.4. The second kappa shape index (κ2) is 4.58. The van der Waals surface area contributed by atoms with Gasteiger partial charge in [0.25, 0.3) is 0 Å². The van der Waals surface area contributed by atoms with Gasteiger partial charge >= 0.3 is 0 Å². The fourth-order valence-corrected chi connectivity index (χ4v) is 3.67. The van der Waals surface area contributed by atoms with Crippen LogP contribution in [0.1, 0.15) is 38.2 Å². The number of nitrogens with zero attached hydrogens (tertiary/aromatic N) is 1. The Balaban J connectivity index is 1.84. The Labute approximate surface area is 110 Å². The Morgan fingerprint density at radius 3 is 2.78 bits per heavy atom. The first kappa shape index (κ1) is 12.0. The van der Waals surface area contributed by atoms with Crippen molar-refractivity contribution in [2.75, 3.05) is 18.0 Å². The molecule has 2 aliphatic rings. The molecule has 3 rings (SSSR count). The van der Waals surface area contributed by atoms with Gasteiger partial charge in [-0.1, -0.05) is 38.0 Å². The van der Waals surface area contributed by atoms with Crippen LogP contribution in [0.4, 0.5) is 5.69 Å². The number of rotatable bonds is 2. The second-order valence-corrected chi connectivity index (χ2v) is 6.39. The molecule has 2 N–H and O–H groups in total. The van der Waals surface area contributed by atoms with E-state index in [1.807, 2.05) is 0 Å². The molecular weight excluding hydrogens is 220 g/mol. The van der Waals surface area contributed by atoms with E-state index in [0.29, 0.717) is 0 Å². The Morgan fingerprint density at radius 1 is 1.28 bits per heavy atom. The highest BCUT2D eigenvalue weighted by Gasteiger charge is 2.33. The van der Waals surface area contributed by atoms with Crippen LogP contribution >= 0.6 is 0 Å². The predicted octanol–water partition coefficient (Wildman–Crippen LogP) is 2.96. The third-order valence-electron chi connectivity index (χ3n) is 4.54. The molecule has 1 aromatic rings. The van der Waals surface area contributed by atoms with Crippen molar-refractivity contribution in [3.05, 3.63) is 29.8 Å². The average Bonchev–Trinajstić information content (AvgIpc) is 2.75. The normalized spacial score (nSPS) is 26.1. The van der Waals surface area contributed by atoms with Crippen LogP contribution in [0.2, 0.25) is 0 Å². The van der Waals surface area contributed by atoms with E-state index in [2.05, 4.69) is 36.1 Å². The summed E-state index contributed by atoms with van der Waals surface area (Å²) >= 11 is 0. The lowest BCUT2D eigenvalue weighted by Gasteiger charge is -2.39. The molecule has 1 aliphatic carbocycles. The fraction of sp³-hybridized carbons (Fsp3) is 0.625. The lowest BCUT2D eigenvalue weighted by atomic mass is 9.91. The zero-order valence-corrected chi connectivity index (χ0v) is 11.4. The Morgan fingerprint density at radius 2 is 2.00 bits per heavy atom. The van der Waals surface area contributed by atoms with Crippen LogP contribution < -0.4 is 10.6 Å². The van der Waals surface area contributed by atoms with Crippen molar-refractivity contribution < 1.29 is 0 Å². The average molecular weight is 244 g/mol. The Hall–Kier alpha value is -1.02. The third-order valence-corrected chi connectivity index (χ3v) is 4.54. The van der Waals surface area contributed by atoms with Gasteiger partial charge in [-0.3, -0.25) is 0 Å². The molecule has 1 aliphatic heterocycles. The maximum Gasteiger partial charge on any atom is 0.0399 e. The smallest absolute Gasteiger partial charge is 0.0399 e. The lowest BCUT2D eigenvalue weighted by Crippen LogP contribution is -2.50. The molecule has 18 heavy (non-hydrogen) atoms. The largest absolute Gasteiger partial charge is 0.369 e. The van der Waals surface area contributed by atoms with Crippen LogP contribution in [0.3, 0.4) is 0 Å². The monoisotopic (exact) mass is 244 g/mol. The second-order valence-electron chi connectivity index (χ2n) is 6.39. The molecule has 1 heterocycles. The molecule has 0 bridgehead atoms. The van der Waals surface area contributed by atoms with Crippen LogP contribution in [0.15, 0.2) is 24.3 Å². The number of hydrogen-bond acceptors (Lipinski definition) is 2. The molecule has 98 valence electrons.